The van der Waals surface area contributed by atoms with Crippen molar-refractivity contribution in [1.29, 1.82) is 0 Å². The number of para-hydroxylation sites is 1. The Labute approximate surface area is 212 Å². The Balaban J connectivity index is 2.03. The Morgan fingerprint density at radius 3 is 2.28 bits per heavy atom. The number of hydrogen-bond acceptors (Lipinski definition) is 5. The fourth-order valence-electron chi connectivity index (χ4n) is 3.84. The molecule has 1 atom stereocenters. The van der Waals surface area contributed by atoms with Crippen LogP contribution in [0.3, 0.4) is 0 Å². The summed E-state index contributed by atoms with van der Waals surface area (Å²) in [5.74, 6) is -0.267. The standard InChI is InChI=1S/C27H31N3O5S/c1-20-11-8-9-16-25(20)30(36(33,34)24-14-6-5-7-15-24)19-26(31)29(21(2)27(32)28-3)18-22-12-10-13-23(17-22)35-4/h5-17,21H,18-19H2,1-4H3,(H,28,32). The average molecular weight is 510 g/mol. The lowest BCUT2D eigenvalue weighted by Crippen LogP contribution is -2.50. The van der Waals surface area contributed by atoms with Crippen LogP contribution < -0.4 is 14.4 Å². The number of sulfonamides is 1. The van der Waals surface area contributed by atoms with Gasteiger partial charge in [0.2, 0.25) is 11.8 Å². The summed E-state index contributed by atoms with van der Waals surface area (Å²) in [5, 5.41) is 2.57. The lowest BCUT2D eigenvalue weighted by atomic mass is 10.1. The van der Waals surface area contributed by atoms with Gasteiger partial charge in [-0.1, -0.05) is 48.5 Å². The fraction of sp³-hybridized carbons (Fsp3) is 0.259. The van der Waals surface area contributed by atoms with E-state index in [1.165, 1.54) is 24.1 Å². The highest BCUT2D eigenvalue weighted by molar-refractivity contribution is 7.92. The van der Waals surface area contributed by atoms with E-state index in [0.29, 0.717) is 17.0 Å². The van der Waals surface area contributed by atoms with E-state index >= 15 is 0 Å². The topological polar surface area (TPSA) is 96.0 Å². The molecule has 9 heteroatoms. The quantitative estimate of drug-likeness (QED) is 0.452. The number of likely N-dealkylation sites (N-methyl/N-ethyl adjacent to an activating group) is 1. The van der Waals surface area contributed by atoms with E-state index in [-0.39, 0.29) is 17.3 Å². The molecule has 0 aromatic heterocycles. The Bertz CT molecular complexity index is 1310. The molecular weight excluding hydrogens is 478 g/mol. The number of nitrogens with one attached hydrogen (secondary N) is 1. The van der Waals surface area contributed by atoms with Crippen LogP contribution in [0.15, 0.2) is 83.8 Å². The molecule has 3 rings (SSSR count). The van der Waals surface area contributed by atoms with E-state index in [9.17, 15) is 18.0 Å². The largest absolute Gasteiger partial charge is 0.497 e. The zero-order valence-corrected chi connectivity index (χ0v) is 21.7. The van der Waals surface area contributed by atoms with Crippen LogP contribution in [0.25, 0.3) is 0 Å². The Hall–Kier alpha value is -3.85. The molecule has 36 heavy (non-hydrogen) atoms. The number of rotatable bonds is 10. The van der Waals surface area contributed by atoms with Gasteiger partial charge in [-0.2, -0.15) is 0 Å². The third-order valence-corrected chi connectivity index (χ3v) is 7.67. The summed E-state index contributed by atoms with van der Waals surface area (Å²) in [6.07, 6.45) is 0. The summed E-state index contributed by atoms with van der Waals surface area (Å²) in [5.41, 5.74) is 1.83. The summed E-state index contributed by atoms with van der Waals surface area (Å²) in [7, 11) is -1.04. The van der Waals surface area contributed by atoms with Crippen molar-refractivity contribution in [2.75, 3.05) is 25.0 Å². The zero-order chi connectivity index (χ0) is 26.3. The first-order chi connectivity index (χ1) is 17.2. The number of amides is 2. The van der Waals surface area contributed by atoms with E-state index < -0.39 is 28.5 Å². The van der Waals surface area contributed by atoms with Crippen LogP contribution >= 0.6 is 0 Å². The van der Waals surface area contributed by atoms with Crippen molar-refractivity contribution >= 4 is 27.5 Å². The molecular formula is C27H31N3O5S. The van der Waals surface area contributed by atoms with Crippen molar-refractivity contribution in [1.82, 2.24) is 10.2 Å². The van der Waals surface area contributed by atoms with Gasteiger partial charge in [-0.05, 0) is 55.3 Å². The number of benzene rings is 3. The van der Waals surface area contributed by atoms with Crippen LogP contribution in [0.2, 0.25) is 0 Å². The summed E-state index contributed by atoms with van der Waals surface area (Å²) < 4.78 is 33.8. The summed E-state index contributed by atoms with van der Waals surface area (Å²) in [6, 6.07) is 21.3. The SMILES string of the molecule is CNC(=O)C(C)N(Cc1cccc(OC)c1)C(=O)CN(c1ccccc1C)S(=O)(=O)c1ccccc1. The average Bonchev–Trinajstić information content (AvgIpc) is 2.90. The van der Waals surface area contributed by atoms with E-state index in [1.807, 2.05) is 6.07 Å². The molecule has 0 saturated heterocycles. The first kappa shape index (κ1) is 26.7. The Morgan fingerprint density at radius 1 is 0.972 bits per heavy atom. The molecule has 1 unspecified atom stereocenters. The maximum atomic E-state index is 13.7. The fourth-order valence-corrected chi connectivity index (χ4v) is 5.34. The Kier molecular flexibility index (Phi) is 8.71. The van der Waals surface area contributed by atoms with E-state index in [1.54, 1.807) is 81.6 Å². The molecule has 0 radical (unpaired) electrons. The van der Waals surface area contributed by atoms with Crippen LogP contribution in [0.4, 0.5) is 5.69 Å². The molecule has 0 heterocycles. The van der Waals surface area contributed by atoms with Gasteiger partial charge < -0.3 is 15.0 Å². The van der Waals surface area contributed by atoms with E-state index in [4.69, 9.17) is 4.74 Å². The maximum absolute atomic E-state index is 13.7. The highest BCUT2D eigenvalue weighted by atomic mass is 32.2. The number of carbonyl (C=O) groups is 2. The van der Waals surface area contributed by atoms with Gasteiger partial charge in [-0.15, -0.1) is 0 Å². The van der Waals surface area contributed by atoms with Crippen LogP contribution in [0.1, 0.15) is 18.1 Å². The molecule has 0 bridgehead atoms. The second kappa shape index (κ2) is 11.7. The van der Waals surface area contributed by atoms with Gasteiger partial charge in [0.1, 0.15) is 18.3 Å². The molecule has 0 saturated carbocycles. The normalized spacial score (nSPS) is 11.9. The molecule has 1 N–H and O–H groups in total. The van der Waals surface area contributed by atoms with Crippen LogP contribution in [-0.4, -0.2) is 51.9 Å². The minimum atomic E-state index is -4.07. The smallest absolute Gasteiger partial charge is 0.264 e. The van der Waals surface area contributed by atoms with Gasteiger partial charge in [-0.3, -0.25) is 13.9 Å². The first-order valence-electron chi connectivity index (χ1n) is 11.5. The molecule has 3 aromatic carbocycles. The lowest BCUT2D eigenvalue weighted by Gasteiger charge is -2.32. The van der Waals surface area contributed by atoms with E-state index in [0.717, 1.165) is 9.87 Å². The molecule has 8 nitrogen and oxygen atoms in total. The van der Waals surface area contributed by atoms with Crippen LogP contribution in [0.5, 0.6) is 5.75 Å². The summed E-state index contributed by atoms with van der Waals surface area (Å²) in [4.78, 5) is 27.7. The van der Waals surface area contributed by atoms with Crippen molar-refractivity contribution in [2.24, 2.45) is 0 Å². The van der Waals surface area contributed by atoms with E-state index in [2.05, 4.69) is 5.32 Å². The van der Waals surface area contributed by atoms with Gasteiger partial charge in [0.05, 0.1) is 17.7 Å². The number of methoxy groups -OCH3 is 1. The molecule has 0 aliphatic heterocycles. The molecule has 0 fully saturated rings. The number of carbonyl (C=O) groups excluding carboxylic acids is 2. The third kappa shape index (κ3) is 6.04. The van der Waals surface area contributed by atoms with Gasteiger partial charge in [-0.25, -0.2) is 8.42 Å². The summed E-state index contributed by atoms with van der Waals surface area (Å²) >= 11 is 0. The van der Waals surface area contributed by atoms with Crippen molar-refractivity contribution in [3.05, 3.63) is 90.0 Å². The lowest BCUT2D eigenvalue weighted by molar-refractivity contribution is -0.139. The Morgan fingerprint density at radius 2 is 1.64 bits per heavy atom. The number of aryl methyl sites for hydroxylation is 1. The minimum absolute atomic E-state index is 0.0692. The highest BCUT2D eigenvalue weighted by Gasteiger charge is 2.32. The third-order valence-electron chi connectivity index (χ3n) is 5.89. The van der Waals surface area contributed by atoms with Crippen molar-refractivity contribution in [2.45, 2.75) is 31.3 Å². The van der Waals surface area contributed by atoms with Crippen molar-refractivity contribution < 1.29 is 22.7 Å². The molecule has 0 aliphatic carbocycles. The monoisotopic (exact) mass is 509 g/mol. The van der Waals surface area contributed by atoms with Gasteiger partial charge in [0.25, 0.3) is 10.0 Å². The van der Waals surface area contributed by atoms with Gasteiger partial charge in [0, 0.05) is 13.6 Å². The molecule has 0 aliphatic rings. The minimum Gasteiger partial charge on any atom is -0.497 e. The number of hydrogen-bond donors (Lipinski definition) is 1. The first-order valence-corrected chi connectivity index (χ1v) is 12.9. The molecule has 2 amide bonds. The van der Waals surface area contributed by atoms with Crippen molar-refractivity contribution in [3.8, 4) is 5.75 Å². The number of anilines is 1. The maximum Gasteiger partial charge on any atom is 0.264 e. The van der Waals surface area contributed by atoms with Crippen molar-refractivity contribution in [3.63, 3.8) is 0 Å². The molecule has 0 spiro atoms. The van der Waals surface area contributed by atoms with Crippen LogP contribution in [-0.2, 0) is 26.2 Å². The molecule has 190 valence electrons. The number of ether oxygens (including phenoxy) is 1. The molecule has 3 aromatic rings. The zero-order valence-electron chi connectivity index (χ0n) is 20.8. The van der Waals surface area contributed by atoms with Gasteiger partial charge in [0.15, 0.2) is 0 Å². The van der Waals surface area contributed by atoms with Crippen LogP contribution in [0, 0.1) is 6.92 Å². The number of nitrogens with zero attached hydrogens (tertiary/aromatic N) is 2. The second-order valence-corrected chi connectivity index (χ2v) is 10.1. The second-order valence-electron chi connectivity index (χ2n) is 8.27. The predicted octanol–water partition coefficient (Wildman–Crippen LogP) is 3.36. The predicted molar refractivity (Wildman–Crippen MR) is 139 cm³/mol. The highest BCUT2D eigenvalue weighted by Crippen LogP contribution is 2.27. The van der Waals surface area contributed by atoms with Gasteiger partial charge >= 0.3 is 0 Å². The summed E-state index contributed by atoms with van der Waals surface area (Å²) in [6.45, 7) is 3.01.